The van der Waals surface area contributed by atoms with Gasteiger partial charge in [-0.1, -0.05) is 12.8 Å². The average Bonchev–Trinajstić information content (AvgIpc) is 2.57. The van der Waals surface area contributed by atoms with Crippen LogP contribution in [-0.4, -0.2) is 21.0 Å². The zero-order valence-corrected chi connectivity index (χ0v) is 7.06. The molecule has 0 aromatic carbocycles. The molecule has 3 heteroatoms. The highest BCUT2D eigenvalue weighted by Gasteiger charge is 2.24. The van der Waals surface area contributed by atoms with Crippen molar-refractivity contribution >= 4 is 0 Å². The quantitative estimate of drug-likeness (QED) is 0.684. The van der Waals surface area contributed by atoms with Crippen LogP contribution in [0.5, 0.6) is 0 Å². The lowest BCUT2D eigenvalue weighted by molar-refractivity contribution is 0.0694. The number of hydrogen-bond acceptors (Lipinski definition) is 2. The highest BCUT2D eigenvalue weighted by molar-refractivity contribution is 4.86. The Bertz CT molecular complexity index is 233. The third-order valence-electron chi connectivity index (χ3n) is 2.56. The number of aromatic nitrogens is 2. The summed E-state index contributed by atoms with van der Waals surface area (Å²) in [5.74, 6) is 0. The van der Waals surface area contributed by atoms with Crippen molar-refractivity contribution in [2.75, 3.05) is 0 Å². The number of rotatable bonds is 1. The summed E-state index contributed by atoms with van der Waals surface area (Å²) in [6.07, 6.45) is 7.84. The van der Waals surface area contributed by atoms with E-state index in [1.807, 2.05) is 16.9 Å². The summed E-state index contributed by atoms with van der Waals surface area (Å²) in [4.78, 5) is 0. The van der Waals surface area contributed by atoms with Crippen LogP contribution in [0.4, 0.5) is 0 Å². The molecule has 2 atom stereocenters. The summed E-state index contributed by atoms with van der Waals surface area (Å²) in [5, 5.41) is 13.8. The number of aliphatic hydroxyl groups excluding tert-OH is 1. The van der Waals surface area contributed by atoms with Crippen LogP contribution in [0, 0.1) is 0 Å². The van der Waals surface area contributed by atoms with Gasteiger partial charge in [0, 0.05) is 12.4 Å². The van der Waals surface area contributed by atoms with Crippen molar-refractivity contribution < 1.29 is 5.11 Å². The van der Waals surface area contributed by atoms with Crippen molar-refractivity contribution in [3.63, 3.8) is 0 Å². The normalized spacial score (nSPS) is 30.4. The lowest BCUT2D eigenvalue weighted by Gasteiger charge is -2.27. The van der Waals surface area contributed by atoms with Crippen LogP contribution in [0.3, 0.4) is 0 Å². The minimum absolute atomic E-state index is 0.196. The first kappa shape index (κ1) is 7.80. The molecule has 1 heterocycles. The zero-order valence-electron chi connectivity index (χ0n) is 7.06. The molecular weight excluding hydrogens is 152 g/mol. The predicted molar refractivity (Wildman–Crippen MR) is 45.7 cm³/mol. The highest BCUT2D eigenvalue weighted by Crippen LogP contribution is 2.27. The predicted octanol–water partition coefficient (Wildman–Crippen LogP) is 1.36. The van der Waals surface area contributed by atoms with Gasteiger partial charge in [-0.05, 0) is 18.9 Å². The lowest BCUT2D eigenvalue weighted by Crippen LogP contribution is -2.27. The van der Waals surface area contributed by atoms with Gasteiger partial charge in [-0.25, -0.2) is 0 Å². The first-order chi connectivity index (χ1) is 5.88. The van der Waals surface area contributed by atoms with Crippen LogP contribution in [-0.2, 0) is 0 Å². The molecule has 0 spiro atoms. The standard InChI is InChI=1S/C9H14N2O/c12-9-5-2-1-4-8(9)11-7-3-6-10-11/h3,6-9,12H,1-2,4-5H2/t8-,9-/m0/s1. The molecule has 2 rings (SSSR count). The van der Waals surface area contributed by atoms with Crippen LogP contribution in [0.15, 0.2) is 18.5 Å². The van der Waals surface area contributed by atoms with Gasteiger partial charge in [0.2, 0.25) is 0 Å². The van der Waals surface area contributed by atoms with Crippen molar-refractivity contribution in [1.29, 1.82) is 0 Å². The minimum Gasteiger partial charge on any atom is -0.391 e. The maximum atomic E-state index is 9.68. The van der Waals surface area contributed by atoms with Crippen molar-refractivity contribution in [3.05, 3.63) is 18.5 Å². The van der Waals surface area contributed by atoms with E-state index in [0.29, 0.717) is 0 Å². The molecule has 1 aliphatic rings. The van der Waals surface area contributed by atoms with E-state index < -0.39 is 0 Å². The molecule has 0 bridgehead atoms. The Morgan fingerprint density at radius 3 is 2.83 bits per heavy atom. The van der Waals surface area contributed by atoms with Gasteiger partial charge in [-0.3, -0.25) is 4.68 Å². The summed E-state index contributed by atoms with van der Waals surface area (Å²) in [6.45, 7) is 0. The zero-order chi connectivity index (χ0) is 8.39. The van der Waals surface area contributed by atoms with Crippen LogP contribution >= 0.6 is 0 Å². The highest BCUT2D eigenvalue weighted by atomic mass is 16.3. The van der Waals surface area contributed by atoms with E-state index in [1.165, 1.54) is 6.42 Å². The summed E-state index contributed by atoms with van der Waals surface area (Å²) >= 11 is 0. The molecule has 66 valence electrons. The van der Waals surface area contributed by atoms with E-state index in [0.717, 1.165) is 19.3 Å². The van der Waals surface area contributed by atoms with E-state index in [9.17, 15) is 5.11 Å². The third-order valence-corrected chi connectivity index (χ3v) is 2.56. The average molecular weight is 166 g/mol. The first-order valence-electron chi connectivity index (χ1n) is 4.55. The van der Waals surface area contributed by atoms with Gasteiger partial charge >= 0.3 is 0 Å². The SMILES string of the molecule is O[C@H]1CCCC[C@@H]1n1cccn1. The van der Waals surface area contributed by atoms with E-state index >= 15 is 0 Å². The Kier molecular flexibility index (Phi) is 2.13. The molecule has 0 amide bonds. The van der Waals surface area contributed by atoms with Crippen LogP contribution in [0.2, 0.25) is 0 Å². The van der Waals surface area contributed by atoms with E-state index in [4.69, 9.17) is 0 Å². The summed E-state index contributed by atoms with van der Waals surface area (Å²) < 4.78 is 1.88. The number of nitrogens with zero attached hydrogens (tertiary/aromatic N) is 2. The Morgan fingerprint density at radius 2 is 2.17 bits per heavy atom. The Hall–Kier alpha value is -0.830. The molecule has 0 unspecified atom stereocenters. The molecule has 1 aromatic heterocycles. The Labute approximate surface area is 72.0 Å². The molecular formula is C9H14N2O. The van der Waals surface area contributed by atoms with Crippen molar-refractivity contribution in [3.8, 4) is 0 Å². The Morgan fingerprint density at radius 1 is 1.33 bits per heavy atom. The second-order valence-corrected chi connectivity index (χ2v) is 3.41. The lowest BCUT2D eigenvalue weighted by atomic mass is 9.93. The minimum atomic E-state index is -0.196. The van der Waals surface area contributed by atoms with Crippen LogP contribution in [0.1, 0.15) is 31.7 Å². The molecule has 0 aliphatic heterocycles. The van der Waals surface area contributed by atoms with Crippen molar-refractivity contribution in [1.82, 2.24) is 9.78 Å². The molecule has 1 saturated carbocycles. The Balaban J connectivity index is 2.11. The maximum Gasteiger partial charge on any atom is 0.0778 e. The molecule has 0 radical (unpaired) electrons. The fourth-order valence-corrected chi connectivity index (χ4v) is 1.88. The van der Waals surface area contributed by atoms with Gasteiger partial charge < -0.3 is 5.11 Å². The van der Waals surface area contributed by atoms with Gasteiger partial charge in [0.05, 0.1) is 12.1 Å². The number of hydrogen-bond donors (Lipinski definition) is 1. The van der Waals surface area contributed by atoms with Gasteiger partial charge in [0.25, 0.3) is 0 Å². The summed E-state index contributed by atoms with van der Waals surface area (Å²) in [7, 11) is 0. The third kappa shape index (κ3) is 1.37. The second-order valence-electron chi connectivity index (χ2n) is 3.41. The monoisotopic (exact) mass is 166 g/mol. The largest absolute Gasteiger partial charge is 0.391 e. The van der Waals surface area contributed by atoms with E-state index in [-0.39, 0.29) is 12.1 Å². The number of aliphatic hydroxyl groups is 1. The molecule has 3 nitrogen and oxygen atoms in total. The second kappa shape index (κ2) is 3.27. The van der Waals surface area contributed by atoms with E-state index in [2.05, 4.69) is 5.10 Å². The van der Waals surface area contributed by atoms with E-state index in [1.54, 1.807) is 6.20 Å². The molecule has 12 heavy (non-hydrogen) atoms. The first-order valence-corrected chi connectivity index (χ1v) is 4.55. The molecule has 1 N–H and O–H groups in total. The van der Waals surface area contributed by atoms with Crippen LogP contribution in [0.25, 0.3) is 0 Å². The fourth-order valence-electron chi connectivity index (χ4n) is 1.88. The van der Waals surface area contributed by atoms with Gasteiger partial charge in [-0.2, -0.15) is 5.10 Å². The summed E-state index contributed by atoms with van der Waals surface area (Å²) in [6, 6.07) is 2.12. The van der Waals surface area contributed by atoms with Crippen molar-refractivity contribution in [2.24, 2.45) is 0 Å². The van der Waals surface area contributed by atoms with Crippen LogP contribution < -0.4 is 0 Å². The fraction of sp³-hybridized carbons (Fsp3) is 0.667. The van der Waals surface area contributed by atoms with Gasteiger partial charge in [-0.15, -0.1) is 0 Å². The summed E-state index contributed by atoms with van der Waals surface area (Å²) in [5.41, 5.74) is 0. The van der Waals surface area contributed by atoms with Gasteiger partial charge in [0.15, 0.2) is 0 Å². The molecule has 0 saturated heterocycles. The smallest absolute Gasteiger partial charge is 0.0778 e. The molecule has 1 aliphatic carbocycles. The molecule has 1 fully saturated rings. The molecule has 1 aromatic rings. The van der Waals surface area contributed by atoms with Crippen molar-refractivity contribution in [2.45, 2.75) is 37.8 Å². The van der Waals surface area contributed by atoms with Gasteiger partial charge in [0.1, 0.15) is 0 Å². The topological polar surface area (TPSA) is 38.0 Å². The maximum absolute atomic E-state index is 9.68.